The fraction of sp³-hybridized carbons (Fsp3) is 0.391. The Bertz CT molecular complexity index is 989. The van der Waals surface area contributed by atoms with Gasteiger partial charge in [0.25, 0.3) is 0 Å². The van der Waals surface area contributed by atoms with E-state index in [9.17, 15) is 5.11 Å². The van der Waals surface area contributed by atoms with Crippen LogP contribution in [0.25, 0.3) is 22.3 Å². The molecule has 4 nitrogen and oxygen atoms in total. The summed E-state index contributed by atoms with van der Waals surface area (Å²) in [4.78, 5) is 12.2. The van der Waals surface area contributed by atoms with Crippen LogP contribution in [0, 0.1) is 20.8 Å². The van der Waals surface area contributed by atoms with Crippen molar-refractivity contribution in [1.29, 1.82) is 0 Å². The minimum Gasteiger partial charge on any atom is -0.507 e. The molecular formula is C23H27N3O. The van der Waals surface area contributed by atoms with Gasteiger partial charge in [-0.1, -0.05) is 6.07 Å². The summed E-state index contributed by atoms with van der Waals surface area (Å²) in [5, 5.41) is 11.6. The molecule has 1 atom stereocenters. The number of hydrogen-bond donors (Lipinski definition) is 1. The smallest absolute Gasteiger partial charge is 0.160 e. The number of aromatic nitrogens is 2. The molecule has 0 bridgehead atoms. The molecule has 3 heterocycles. The van der Waals surface area contributed by atoms with Crippen molar-refractivity contribution in [1.82, 2.24) is 14.9 Å². The van der Waals surface area contributed by atoms with Gasteiger partial charge in [0.05, 0.1) is 5.69 Å². The Hall–Kier alpha value is -2.46. The van der Waals surface area contributed by atoms with Crippen molar-refractivity contribution in [3.63, 3.8) is 0 Å². The first-order valence-corrected chi connectivity index (χ1v) is 9.70. The molecule has 0 aliphatic carbocycles. The fourth-order valence-corrected chi connectivity index (χ4v) is 4.33. The zero-order valence-corrected chi connectivity index (χ0v) is 16.6. The number of rotatable bonds is 2. The lowest BCUT2D eigenvalue weighted by atomic mass is 9.93. The van der Waals surface area contributed by atoms with Crippen LogP contribution in [0.3, 0.4) is 0 Å². The number of phenolic OH excluding ortho intramolecular Hbond substituents is 1. The van der Waals surface area contributed by atoms with E-state index in [2.05, 4.69) is 37.1 Å². The van der Waals surface area contributed by atoms with Crippen molar-refractivity contribution in [2.24, 2.45) is 0 Å². The maximum atomic E-state index is 10.5. The summed E-state index contributed by atoms with van der Waals surface area (Å²) in [6, 6.07) is 10.2. The highest BCUT2D eigenvalue weighted by Crippen LogP contribution is 2.34. The number of pyridine rings is 2. The summed E-state index contributed by atoms with van der Waals surface area (Å²) < 4.78 is 0. The molecule has 1 aliphatic heterocycles. The Morgan fingerprint density at radius 3 is 2.59 bits per heavy atom. The van der Waals surface area contributed by atoms with Crippen molar-refractivity contribution >= 4 is 11.0 Å². The second-order valence-electron chi connectivity index (χ2n) is 8.01. The zero-order valence-electron chi connectivity index (χ0n) is 16.6. The van der Waals surface area contributed by atoms with Gasteiger partial charge in [-0.15, -0.1) is 0 Å². The second kappa shape index (κ2) is 6.93. The number of benzene rings is 1. The molecule has 0 unspecified atom stereocenters. The third-order valence-corrected chi connectivity index (χ3v) is 5.66. The Morgan fingerprint density at radius 1 is 1.04 bits per heavy atom. The average molecular weight is 361 g/mol. The Morgan fingerprint density at radius 2 is 1.85 bits per heavy atom. The van der Waals surface area contributed by atoms with E-state index in [0.717, 1.165) is 52.2 Å². The lowest BCUT2D eigenvalue weighted by Gasteiger charge is -2.29. The number of hydrogen-bond acceptors (Lipinski definition) is 4. The van der Waals surface area contributed by atoms with Crippen LogP contribution in [0.15, 0.2) is 30.3 Å². The molecule has 1 fully saturated rings. The number of phenols is 1. The van der Waals surface area contributed by atoms with Crippen molar-refractivity contribution in [3.05, 3.63) is 52.7 Å². The van der Waals surface area contributed by atoms with Gasteiger partial charge in [0.15, 0.2) is 5.65 Å². The van der Waals surface area contributed by atoms with E-state index < -0.39 is 0 Å². The maximum absolute atomic E-state index is 10.5. The van der Waals surface area contributed by atoms with Gasteiger partial charge < -0.3 is 10.0 Å². The Kier molecular flexibility index (Phi) is 4.60. The highest BCUT2D eigenvalue weighted by Gasteiger charge is 2.21. The number of nitrogens with zero attached hydrogens (tertiary/aromatic N) is 3. The molecule has 0 saturated carbocycles. The van der Waals surface area contributed by atoms with Crippen molar-refractivity contribution in [2.45, 2.75) is 39.5 Å². The van der Waals surface area contributed by atoms with Gasteiger partial charge in [-0.25, -0.2) is 9.97 Å². The fourth-order valence-electron chi connectivity index (χ4n) is 4.33. The van der Waals surface area contributed by atoms with Gasteiger partial charge >= 0.3 is 0 Å². The molecular weight excluding hydrogens is 334 g/mol. The molecule has 0 amide bonds. The minimum atomic E-state index is 0.279. The topological polar surface area (TPSA) is 49.2 Å². The third kappa shape index (κ3) is 3.42. The summed E-state index contributed by atoms with van der Waals surface area (Å²) in [6.45, 7) is 8.35. The molecule has 4 heteroatoms. The van der Waals surface area contributed by atoms with Gasteiger partial charge in [0.1, 0.15) is 5.75 Å². The highest BCUT2D eigenvalue weighted by atomic mass is 16.3. The number of aromatic hydroxyl groups is 1. The lowest BCUT2D eigenvalue weighted by Crippen LogP contribution is -2.31. The predicted molar refractivity (Wildman–Crippen MR) is 110 cm³/mol. The van der Waals surface area contributed by atoms with E-state index in [4.69, 9.17) is 9.97 Å². The van der Waals surface area contributed by atoms with Crippen molar-refractivity contribution in [3.8, 4) is 17.0 Å². The zero-order chi connectivity index (χ0) is 19.1. The summed E-state index contributed by atoms with van der Waals surface area (Å²) in [5.74, 6) is 0.743. The van der Waals surface area contributed by atoms with Crippen LogP contribution < -0.4 is 0 Å². The molecule has 27 heavy (non-hydrogen) atoms. The second-order valence-corrected chi connectivity index (χ2v) is 8.01. The van der Waals surface area contributed by atoms with E-state index in [1.165, 1.54) is 18.4 Å². The van der Waals surface area contributed by atoms with E-state index in [1.807, 2.05) is 19.9 Å². The SMILES string of the molecule is Cc1cc(C)c(-c2ccc3c(C)cc([C@@H]4CCCN(C)C4)nc3n2)c(O)c1. The molecule has 1 N–H and O–H groups in total. The normalized spacial score (nSPS) is 18.1. The Balaban J connectivity index is 1.82. The monoisotopic (exact) mass is 361 g/mol. The van der Waals surface area contributed by atoms with E-state index in [1.54, 1.807) is 6.07 Å². The summed E-state index contributed by atoms with van der Waals surface area (Å²) in [7, 11) is 2.18. The molecule has 140 valence electrons. The lowest BCUT2D eigenvalue weighted by molar-refractivity contribution is 0.248. The summed E-state index contributed by atoms with van der Waals surface area (Å²) >= 11 is 0. The van der Waals surface area contributed by atoms with Gasteiger partial charge in [0.2, 0.25) is 0 Å². The van der Waals surface area contributed by atoms with Crippen LogP contribution in [0.4, 0.5) is 0 Å². The molecule has 1 saturated heterocycles. The van der Waals surface area contributed by atoms with Gasteiger partial charge in [-0.3, -0.25) is 0 Å². The molecule has 1 aromatic carbocycles. The molecule has 0 spiro atoms. The highest BCUT2D eigenvalue weighted by molar-refractivity contribution is 5.83. The summed E-state index contributed by atoms with van der Waals surface area (Å²) in [6.07, 6.45) is 2.39. The number of piperidine rings is 1. The van der Waals surface area contributed by atoms with Crippen LogP contribution >= 0.6 is 0 Å². The molecule has 4 rings (SSSR count). The van der Waals surface area contributed by atoms with Crippen LogP contribution in [-0.2, 0) is 0 Å². The molecule has 1 aliphatic rings. The molecule has 2 aromatic heterocycles. The van der Waals surface area contributed by atoms with Crippen LogP contribution in [-0.4, -0.2) is 40.1 Å². The number of fused-ring (bicyclic) bond motifs is 1. The number of likely N-dealkylation sites (tertiary alicyclic amines) is 1. The first kappa shape index (κ1) is 17.9. The van der Waals surface area contributed by atoms with Crippen molar-refractivity contribution in [2.75, 3.05) is 20.1 Å². The van der Waals surface area contributed by atoms with E-state index in [0.29, 0.717) is 5.92 Å². The van der Waals surface area contributed by atoms with Gasteiger partial charge in [0, 0.05) is 29.1 Å². The van der Waals surface area contributed by atoms with Gasteiger partial charge in [-0.05, 0) is 88.2 Å². The van der Waals surface area contributed by atoms with Crippen LogP contribution in [0.5, 0.6) is 5.75 Å². The number of aryl methyl sites for hydroxylation is 3. The van der Waals surface area contributed by atoms with Gasteiger partial charge in [-0.2, -0.15) is 0 Å². The van der Waals surface area contributed by atoms with Crippen molar-refractivity contribution < 1.29 is 5.11 Å². The summed E-state index contributed by atoms with van der Waals surface area (Å²) in [5.41, 5.74) is 6.78. The Labute approximate surface area is 160 Å². The average Bonchev–Trinajstić information content (AvgIpc) is 2.60. The molecule has 0 radical (unpaired) electrons. The predicted octanol–water partition coefficient (Wildman–Crippen LogP) is 4.74. The first-order chi connectivity index (χ1) is 12.9. The third-order valence-electron chi connectivity index (χ3n) is 5.66. The van der Waals surface area contributed by atoms with E-state index >= 15 is 0 Å². The largest absolute Gasteiger partial charge is 0.507 e. The van der Waals surface area contributed by atoms with E-state index in [-0.39, 0.29) is 5.75 Å². The number of likely N-dealkylation sites (N-methyl/N-ethyl adjacent to an activating group) is 1. The standard InChI is InChI=1S/C23H27N3O/c1-14-10-16(3)22(21(27)11-14)19-8-7-18-15(2)12-20(25-23(18)24-19)17-6-5-9-26(4)13-17/h7-8,10-12,17,27H,5-6,9,13H2,1-4H3/t17-/m1/s1. The maximum Gasteiger partial charge on any atom is 0.160 e. The van der Waals surface area contributed by atoms with Crippen LogP contribution in [0.1, 0.15) is 41.1 Å². The minimum absolute atomic E-state index is 0.279. The van der Waals surface area contributed by atoms with Crippen LogP contribution in [0.2, 0.25) is 0 Å². The molecule has 3 aromatic rings. The first-order valence-electron chi connectivity index (χ1n) is 9.70. The quantitative estimate of drug-likeness (QED) is 0.716.